The number of rotatable bonds is 5. The zero-order valence-electron chi connectivity index (χ0n) is 13.4. The number of benzene rings is 1. The van der Waals surface area contributed by atoms with Gasteiger partial charge in [0.05, 0.1) is 0 Å². The molecule has 24 heavy (non-hydrogen) atoms. The number of carbonyl (C=O) groups is 1. The number of para-hydroxylation sites is 1. The highest BCUT2D eigenvalue weighted by atomic mass is 32.1. The highest BCUT2D eigenvalue weighted by molar-refractivity contribution is 7.09. The van der Waals surface area contributed by atoms with E-state index in [0.29, 0.717) is 13.1 Å². The fourth-order valence-electron chi connectivity index (χ4n) is 2.56. The zero-order chi connectivity index (χ0) is 16.9. The van der Waals surface area contributed by atoms with Crippen LogP contribution >= 0.6 is 11.3 Å². The number of amides is 2. The van der Waals surface area contributed by atoms with Gasteiger partial charge in [-0.15, -0.1) is 11.3 Å². The fraction of sp³-hybridized carbons (Fsp3) is 0.222. The maximum absolute atomic E-state index is 12.2. The number of H-pyrrole nitrogens is 1. The topological polar surface area (TPSA) is 65.2 Å². The van der Waals surface area contributed by atoms with E-state index in [1.807, 2.05) is 35.7 Å². The van der Waals surface area contributed by atoms with E-state index < -0.39 is 0 Å². The molecule has 3 rings (SSSR count). The molecular weight excluding hydrogens is 322 g/mol. The number of nitrogens with one attached hydrogen (secondary N) is 2. The molecule has 0 atom stereocenters. The number of aromatic nitrogens is 1. The number of urea groups is 1. The molecule has 0 unspecified atom stereocenters. The maximum Gasteiger partial charge on any atom is 0.317 e. The summed E-state index contributed by atoms with van der Waals surface area (Å²) in [6.45, 7) is 0.981. The molecule has 2 amide bonds. The Balaban J connectivity index is 1.62. The number of carbonyl (C=O) groups excluding carboxylic acids is 1. The zero-order valence-corrected chi connectivity index (χ0v) is 14.2. The van der Waals surface area contributed by atoms with Crippen molar-refractivity contribution in [3.05, 3.63) is 68.6 Å². The summed E-state index contributed by atoms with van der Waals surface area (Å²) in [6, 6.07) is 13.1. The molecular formula is C18H19N3O2S. The van der Waals surface area contributed by atoms with Gasteiger partial charge in [-0.05, 0) is 29.5 Å². The number of nitrogens with zero attached hydrogens (tertiary/aromatic N) is 1. The third-order valence-corrected chi connectivity index (χ3v) is 4.82. The third-order valence-electron chi connectivity index (χ3n) is 3.89. The van der Waals surface area contributed by atoms with Gasteiger partial charge in [-0.1, -0.05) is 24.3 Å². The number of fused-ring (bicyclic) bond motifs is 1. The molecule has 0 fully saturated rings. The monoisotopic (exact) mass is 341 g/mol. The predicted octanol–water partition coefficient (Wildman–Crippen LogP) is 2.97. The minimum atomic E-state index is -0.163. The molecule has 0 radical (unpaired) electrons. The summed E-state index contributed by atoms with van der Waals surface area (Å²) in [6.07, 6.45) is 0.843. The van der Waals surface area contributed by atoms with Gasteiger partial charge < -0.3 is 15.2 Å². The van der Waals surface area contributed by atoms with Crippen molar-refractivity contribution in [2.75, 3.05) is 13.6 Å². The van der Waals surface area contributed by atoms with Crippen LogP contribution in [0.1, 0.15) is 10.4 Å². The lowest BCUT2D eigenvalue weighted by atomic mass is 10.1. The molecule has 3 aromatic rings. The largest absolute Gasteiger partial charge is 0.334 e. The molecule has 6 heteroatoms. The van der Waals surface area contributed by atoms with Crippen molar-refractivity contribution in [3.8, 4) is 0 Å². The van der Waals surface area contributed by atoms with Crippen molar-refractivity contribution in [3.63, 3.8) is 0 Å². The first-order valence-corrected chi connectivity index (χ1v) is 8.64. The number of thiophene rings is 1. The van der Waals surface area contributed by atoms with Crippen molar-refractivity contribution < 1.29 is 4.79 Å². The molecule has 2 aromatic heterocycles. The Kier molecular flexibility index (Phi) is 4.96. The van der Waals surface area contributed by atoms with Crippen LogP contribution in [-0.2, 0) is 13.0 Å². The Morgan fingerprint density at radius 3 is 2.88 bits per heavy atom. The van der Waals surface area contributed by atoms with Crippen LogP contribution in [-0.4, -0.2) is 29.5 Å². The summed E-state index contributed by atoms with van der Waals surface area (Å²) >= 11 is 1.69. The van der Waals surface area contributed by atoms with Crippen molar-refractivity contribution >= 4 is 28.3 Å². The number of hydrogen-bond acceptors (Lipinski definition) is 3. The quantitative estimate of drug-likeness (QED) is 0.749. The Hall–Kier alpha value is -2.60. The van der Waals surface area contributed by atoms with Crippen molar-refractivity contribution in [1.29, 1.82) is 0 Å². The van der Waals surface area contributed by atoms with Gasteiger partial charge in [-0.2, -0.15) is 0 Å². The van der Waals surface area contributed by atoms with Crippen LogP contribution in [0.3, 0.4) is 0 Å². The average Bonchev–Trinajstić information content (AvgIpc) is 3.10. The van der Waals surface area contributed by atoms with E-state index in [1.54, 1.807) is 23.3 Å². The molecule has 0 aliphatic heterocycles. The molecule has 0 saturated heterocycles. The summed E-state index contributed by atoms with van der Waals surface area (Å²) < 4.78 is 0. The molecule has 1 aromatic carbocycles. The first-order chi connectivity index (χ1) is 11.6. The standard InChI is InChI=1S/C18H19N3O2S/c1-21(9-8-14-5-4-10-24-14)18(23)19-12-13-11-17(22)20-16-7-3-2-6-15(13)16/h2-7,10-11H,8-9,12H2,1H3,(H,19,23)(H,20,22). The van der Waals surface area contributed by atoms with Crippen molar-refractivity contribution in [2.24, 2.45) is 0 Å². The minimum absolute atomic E-state index is 0.143. The van der Waals surface area contributed by atoms with Gasteiger partial charge in [0.2, 0.25) is 5.56 Å². The Labute approximate surface area is 143 Å². The van der Waals surface area contributed by atoms with Crippen LogP contribution in [0.15, 0.2) is 52.6 Å². The van der Waals surface area contributed by atoms with Crippen LogP contribution in [0.5, 0.6) is 0 Å². The molecule has 0 aliphatic carbocycles. The van der Waals surface area contributed by atoms with Crippen LogP contribution in [0.2, 0.25) is 0 Å². The van der Waals surface area contributed by atoms with Gasteiger partial charge in [0.15, 0.2) is 0 Å². The van der Waals surface area contributed by atoms with E-state index in [9.17, 15) is 9.59 Å². The summed E-state index contributed by atoms with van der Waals surface area (Å²) in [7, 11) is 1.78. The molecule has 124 valence electrons. The Morgan fingerprint density at radius 2 is 2.08 bits per heavy atom. The normalized spacial score (nSPS) is 10.7. The molecule has 2 N–H and O–H groups in total. The number of hydrogen-bond donors (Lipinski definition) is 2. The second-order valence-electron chi connectivity index (χ2n) is 5.61. The highest BCUT2D eigenvalue weighted by Crippen LogP contribution is 2.14. The smallest absolute Gasteiger partial charge is 0.317 e. The van der Waals surface area contributed by atoms with Crippen molar-refractivity contribution in [1.82, 2.24) is 15.2 Å². The molecule has 5 nitrogen and oxygen atoms in total. The molecule has 0 bridgehead atoms. The summed E-state index contributed by atoms with van der Waals surface area (Å²) in [4.78, 5) is 29.7. The van der Waals surface area contributed by atoms with Crippen molar-refractivity contribution in [2.45, 2.75) is 13.0 Å². The lowest BCUT2D eigenvalue weighted by Crippen LogP contribution is -2.38. The average molecular weight is 341 g/mol. The highest BCUT2D eigenvalue weighted by Gasteiger charge is 2.10. The lowest BCUT2D eigenvalue weighted by molar-refractivity contribution is 0.209. The first-order valence-electron chi connectivity index (χ1n) is 7.76. The van der Waals surface area contributed by atoms with Gasteiger partial charge in [-0.25, -0.2) is 4.79 Å². The molecule has 0 spiro atoms. The van der Waals surface area contributed by atoms with Gasteiger partial charge in [-0.3, -0.25) is 4.79 Å². The number of pyridine rings is 1. The van der Waals surface area contributed by atoms with Gasteiger partial charge in [0, 0.05) is 42.0 Å². The number of aromatic amines is 1. The van der Waals surface area contributed by atoms with E-state index in [0.717, 1.165) is 22.9 Å². The third kappa shape index (κ3) is 3.83. The van der Waals surface area contributed by atoms with E-state index in [2.05, 4.69) is 16.4 Å². The van der Waals surface area contributed by atoms with E-state index in [1.165, 1.54) is 10.9 Å². The van der Waals surface area contributed by atoms with Gasteiger partial charge in [0.1, 0.15) is 0 Å². The van der Waals surface area contributed by atoms with Crippen LogP contribution in [0.25, 0.3) is 10.9 Å². The Morgan fingerprint density at radius 1 is 1.25 bits per heavy atom. The van der Waals surface area contributed by atoms with Gasteiger partial charge >= 0.3 is 6.03 Å². The first kappa shape index (κ1) is 16.3. The van der Waals surface area contributed by atoms with E-state index >= 15 is 0 Å². The van der Waals surface area contributed by atoms with Crippen LogP contribution in [0, 0.1) is 0 Å². The predicted molar refractivity (Wildman–Crippen MR) is 97.5 cm³/mol. The van der Waals surface area contributed by atoms with E-state index in [4.69, 9.17) is 0 Å². The van der Waals surface area contributed by atoms with Crippen LogP contribution < -0.4 is 10.9 Å². The van der Waals surface area contributed by atoms with Gasteiger partial charge in [0.25, 0.3) is 0 Å². The maximum atomic E-state index is 12.2. The Bertz CT molecular complexity index is 887. The second kappa shape index (κ2) is 7.31. The minimum Gasteiger partial charge on any atom is -0.334 e. The summed E-state index contributed by atoms with van der Waals surface area (Å²) in [5.74, 6) is 0. The molecule has 0 aliphatic rings. The SMILES string of the molecule is CN(CCc1cccs1)C(=O)NCc1cc(=O)[nH]c2ccccc12. The fourth-order valence-corrected chi connectivity index (χ4v) is 3.26. The van der Waals surface area contributed by atoms with Crippen LogP contribution in [0.4, 0.5) is 4.79 Å². The summed E-state index contributed by atoms with van der Waals surface area (Å²) in [5, 5.41) is 5.86. The lowest BCUT2D eigenvalue weighted by Gasteiger charge is -2.18. The second-order valence-corrected chi connectivity index (χ2v) is 6.65. The summed E-state index contributed by atoms with van der Waals surface area (Å²) in [5.41, 5.74) is 1.43. The molecule has 0 saturated carbocycles. The van der Waals surface area contributed by atoms with E-state index in [-0.39, 0.29) is 11.6 Å². The molecule has 2 heterocycles. The number of likely N-dealkylation sites (N-methyl/N-ethyl adjacent to an activating group) is 1.